The lowest BCUT2D eigenvalue weighted by molar-refractivity contribution is -0.166. The third kappa shape index (κ3) is 57.4. The van der Waals surface area contributed by atoms with Crippen molar-refractivity contribution in [1.82, 2.24) is 0 Å². The van der Waals surface area contributed by atoms with Crippen LogP contribution < -0.4 is 0 Å². The second-order valence-corrected chi connectivity index (χ2v) is 19.9. The molecule has 0 unspecified atom stereocenters. The number of carbonyl (C=O) groups excluding carboxylic acids is 3. The third-order valence-corrected chi connectivity index (χ3v) is 12.9. The Balaban J connectivity index is 4.48. The van der Waals surface area contributed by atoms with E-state index in [0.717, 1.165) is 64.2 Å². The van der Waals surface area contributed by atoms with Crippen LogP contribution in [0.4, 0.5) is 0 Å². The van der Waals surface area contributed by atoms with E-state index in [-0.39, 0.29) is 31.6 Å². The fourth-order valence-electron chi connectivity index (χ4n) is 8.30. The highest BCUT2D eigenvalue weighted by Crippen LogP contribution is 2.15. The molecule has 6 nitrogen and oxygen atoms in total. The maximum absolute atomic E-state index is 12.8. The first kappa shape index (κ1) is 67.6. The van der Waals surface area contributed by atoms with E-state index in [4.69, 9.17) is 14.2 Å². The highest BCUT2D eigenvalue weighted by atomic mass is 16.6. The predicted molar refractivity (Wildman–Crippen MR) is 307 cm³/mol. The van der Waals surface area contributed by atoms with Gasteiger partial charge in [-0.2, -0.15) is 0 Å². The van der Waals surface area contributed by atoms with E-state index in [1.165, 1.54) is 180 Å². The summed E-state index contributed by atoms with van der Waals surface area (Å²) in [5.41, 5.74) is 0. The van der Waals surface area contributed by atoms with Crippen LogP contribution in [0.25, 0.3) is 0 Å². The van der Waals surface area contributed by atoms with Crippen molar-refractivity contribution in [3.63, 3.8) is 0 Å². The summed E-state index contributed by atoms with van der Waals surface area (Å²) >= 11 is 0. The summed E-state index contributed by atoms with van der Waals surface area (Å²) in [6.07, 6.45) is 77.3. The van der Waals surface area contributed by atoms with Gasteiger partial charge in [0.1, 0.15) is 13.2 Å². The van der Waals surface area contributed by atoms with Crippen LogP contribution in [0.3, 0.4) is 0 Å². The van der Waals surface area contributed by atoms with Crippen molar-refractivity contribution in [2.75, 3.05) is 13.2 Å². The predicted octanol–water partition coefficient (Wildman–Crippen LogP) is 20.3. The van der Waals surface area contributed by atoms with Crippen LogP contribution in [-0.2, 0) is 28.6 Å². The van der Waals surface area contributed by atoms with Gasteiger partial charge in [-0.15, -0.1) is 0 Å². The van der Waals surface area contributed by atoms with Gasteiger partial charge in [0.15, 0.2) is 6.10 Å². The average molecular weight is 990 g/mol. The SMILES string of the molecule is CCCCC/C=C\C/C=C\C/C=C\C/C=C\C/C=C\CCC(=O)O[C@@H](COC(=O)CCCCCCCCC/C=C\CCCCCC)COC(=O)CCCCCCCCCCC/C=C\CCCCCCCC. The molecule has 0 aromatic carbocycles. The molecule has 0 aliphatic heterocycles. The first-order chi connectivity index (χ1) is 35.0. The maximum atomic E-state index is 12.8. The minimum absolute atomic E-state index is 0.108. The molecule has 0 spiro atoms. The Morgan fingerprint density at radius 3 is 0.901 bits per heavy atom. The van der Waals surface area contributed by atoms with Crippen LogP contribution in [-0.4, -0.2) is 37.2 Å². The molecule has 0 N–H and O–H groups in total. The van der Waals surface area contributed by atoms with Gasteiger partial charge in [0.25, 0.3) is 0 Å². The highest BCUT2D eigenvalue weighted by molar-refractivity contribution is 5.71. The molecule has 1 atom stereocenters. The van der Waals surface area contributed by atoms with E-state index in [1.54, 1.807) is 0 Å². The van der Waals surface area contributed by atoms with Crippen molar-refractivity contribution >= 4 is 17.9 Å². The third-order valence-electron chi connectivity index (χ3n) is 12.9. The molecule has 0 saturated carbocycles. The fourth-order valence-corrected chi connectivity index (χ4v) is 8.30. The van der Waals surface area contributed by atoms with Gasteiger partial charge in [-0.3, -0.25) is 14.4 Å². The minimum Gasteiger partial charge on any atom is -0.462 e. The Labute approximate surface area is 439 Å². The second-order valence-electron chi connectivity index (χ2n) is 19.9. The highest BCUT2D eigenvalue weighted by Gasteiger charge is 2.19. The fraction of sp³-hybridized carbons (Fsp3) is 0.738. The molecule has 6 heteroatoms. The zero-order valence-corrected chi connectivity index (χ0v) is 46.7. The molecule has 408 valence electrons. The molecule has 0 saturated heterocycles. The van der Waals surface area contributed by atoms with Gasteiger partial charge in [-0.05, 0) is 109 Å². The Morgan fingerprint density at radius 2 is 0.535 bits per heavy atom. The largest absolute Gasteiger partial charge is 0.462 e. The molecule has 0 radical (unpaired) electrons. The van der Waals surface area contributed by atoms with Crippen molar-refractivity contribution in [1.29, 1.82) is 0 Å². The zero-order valence-electron chi connectivity index (χ0n) is 46.7. The van der Waals surface area contributed by atoms with Gasteiger partial charge in [0.05, 0.1) is 0 Å². The van der Waals surface area contributed by atoms with Gasteiger partial charge in [0.2, 0.25) is 0 Å². The maximum Gasteiger partial charge on any atom is 0.306 e. The van der Waals surface area contributed by atoms with E-state index in [1.807, 2.05) is 6.08 Å². The molecule has 0 rings (SSSR count). The van der Waals surface area contributed by atoms with Gasteiger partial charge < -0.3 is 14.2 Å². The number of esters is 3. The zero-order chi connectivity index (χ0) is 51.4. The molecule has 0 fully saturated rings. The molecule has 71 heavy (non-hydrogen) atoms. The molecular weight excluding hydrogens is 877 g/mol. The van der Waals surface area contributed by atoms with Gasteiger partial charge >= 0.3 is 17.9 Å². The molecule has 0 aromatic rings. The quantitative estimate of drug-likeness (QED) is 0.0261. The Bertz CT molecular complexity index is 1370. The average Bonchev–Trinajstić information content (AvgIpc) is 3.37. The lowest BCUT2D eigenvalue weighted by Crippen LogP contribution is -2.30. The molecule has 0 amide bonds. The minimum atomic E-state index is -0.819. The smallest absolute Gasteiger partial charge is 0.306 e. The summed E-state index contributed by atoms with van der Waals surface area (Å²) in [6.45, 7) is 6.55. The van der Waals surface area contributed by atoms with Gasteiger partial charge in [-0.1, -0.05) is 247 Å². The van der Waals surface area contributed by atoms with Gasteiger partial charge in [-0.25, -0.2) is 0 Å². The normalized spacial score (nSPS) is 12.7. The number of carbonyl (C=O) groups is 3. The summed E-state index contributed by atoms with van der Waals surface area (Å²) in [4.78, 5) is 38.2. The Morgan fingerprint density at radius 1 is 0.282 bits per heavy atom. The van der Waals surface area contributed by atoms with Crippen LogP contribution in [0.2, 0.25) is 0 Å². The number of unbranched alkanes of at least 4 members (excludes halogenated alkanes) is 29. The second kappa shape index (κ2) is 59.2. The summed E-state index contributed by atoms with van der Waals surface area (Å²) < 4.78 is 16.8. The molecule has 0 aromatic heterocycles. The number of hydrogen-bond acceptors (Lipinski definition) is 6. The molecule has 0 heterocycles. The molecule has 0 bridgehead atoms. The van der Waals surface area contributed by atoms with Crippen LogP contribution >= 0.6 is 0 Å². The summed E-state index contributed by atoms with van der Waals surface area (Å²) in [5, 5.41) is 0. The molecule has 0 aliphatic carbocycles. The summed E-state index contributed by atoms with van der Waals surface area (Å²) in [7, 11) is 0. The van der Waals surface area contributed by atoms with Crippen LogP contribution in [0.1, 0.15) is 290 Å². The lowest BCUT2D eigenvalue weighted by Gasteiger charge is -2.18. The summed E-state index contributed by atoms with van der Waals surface area (Å²) in [6, 6.07) is 0. The monoisotopic (exact) mass is 989 g/mol. The van der Waals surface area contributed by atoms with Crippen molar-refractivity contribution in [3.05, 3.63) is 85.1 Å². The Kier molecular flexibility index (Phi) is 56.3. The number of rotatable bonds is 54. The Hall–Kier alpha value is -3.41. The molecular formula is C65H112O6. The van der Waals surface area contributed by atoms with Crippen molar-refractivity contribution in [2.45, 2.75) is 297 Å². The van der Waals surface area contributed by atoms with Crippen LogP contribution in [0.5, 0.6) is 0 Å². The lowest BCUT2D eigenvalue weighted by atomic mass is 10.1. The van der Waals surface area contributed by atoms with Crippen molar-refractivity contribution in [2.24, 2.45) is 0 Å². The first-order valence-corrected chi connectivity index (χ1v) is 30.1. The summed E-state index contributed by atoms with van der Waals surface area (Å²) in [5.74, 6) is -0.990. The molecule has 0 aliphatic rings. The van der Waals surface area contributed by atoms with E-state index in [2.05, 4.69) is 99.8 Å². The first-order valence-electron chi connectivity index (χ1n) is 30.1. The number of hydrogen-bond donors (Lipinski definition) is 0. The van der Waals surface area contributed by atoms with Crippen molar-refractivity contribution in [3.8, 4) is 0 Å². The standard InChI is InChI=1S/C65H112O6/c1-4-7-10-13-16-19-22-25-28-30-32-34-37-40-43-46-49-52-55-58-64(67)70-61-62(60-69-63(66)57-54-51-48-45-42-39-36-27-24-21-18-15-12-9-6-3)71-65(68)59-56-53-50-47-44-41-38-35-33-31-29-26-23-20-17-14-11-8-5-2/h17,20-21,24-26,28-29,33,35,41,44,50,53,62H,4-16,18-19,22-23,27,30-32,34,36-40,42-43,45-49,51-52,54-61H2,1-3H3/b20-17-,24-21-,28-25-,29-26-,35-33-,44-41-,53-50-/t62-/m0/s1. The van der Waals surface area contributed by atoms with Gasteiger partial charge in [0, 0.05) is 19.3 Å². The van der Waals surface area contributed by atoms with E-state index < -0.39 is 12.1 Å². The van der Waals surface area contributed by atoms with Crippen LogP contribution in [0, 0.1) is 0 Å². The van der Waals surface area contributed by atoms with E-state index in [9.17, 15) is 14.4 Å². The van der Waals surface area contributed by atoms with E-state index >= 15 is 0 Å². The number of allylic oxidation sites excluding steroid dienone is 14. The topological polar surface area (TPSA) is 78.9 Å². The van der Waals surface area contributed by atoms with Crippen molar-refractivity contribution < 1.29 is 28.6 Å². The van der Waals surface area contributed by atoms with Crippen LogP contribution in [0.15, 0.2) is 85.1 Å². The number of ether oxygens (including phenoxy) is 3. The van der Waals surface area contributed by atoms with E-state index in [0.29, 0.717) is 19.3 Å².